The normalized spacial score (nSPS) is 11.4. The standard InChI is InChI=1S/C54H38N4/c1-2-14-38(15-3-1)45-16-4-9-21-50(45)55-39-26-28-40(29-27-39)56(41-30-34-43(35-31-41)57-51-22-10-5-17-46(51)47-18-6-11-23-52(47)57)42-32-36-44(37-33-42)58-53-24-12-7-19-48(53)49-20-8-13-25-54(49)58/h1-37,55H. The SMILES string of the molecule is c1ccc(-c2ccccc2Nc2ccc(N(c3ccc(-n4c5ccccc5c5ccccc54)cc3)c3ccc(-n4c5ccccc5c5ccccc54)cc3)cc2)cc1. The Bertz CT molecular complexity index is 2970. The van der Waals surface area contributed by atoms with Crippen LogP contribution in [-0.2, 0) is 0 Å². The van der Waals surface area contributed by atoms with E-state index in [4.69, 9.17) is 0 Å². The van der Waals surface area contributed by atoms with Crippen LogP contribution >= 0.6 is 0 Å². The Kier molecular flexibility index (Phi) is 8.11. The average Bonchev–Trinajstić information content (AvgIpc) is 3.81. The quantitative estimate of drug-likeness (QED) is 0.168. The summed E-state index contributed by atoms with van der Waals surface area (Å²) in [6.07, 6.45) is 0. The zero-order valence-electron chi connectivity index (χ0n) is 31.7. The summed E-state index contributed by atoms with van der Waals surface area (Å²) in [5, 5.41) is 8.72. The van der Waals surface area contributed by atoms with Crippen molar-refractivity contribution in [2.24, 2.45) is 0 Å². The summed E-state index contributed by atoms with van der Waals surface area (Å²) in [4.78, 5) is 2.34. The second-order valence-corrected chi connectivity index (χ2v) is 14.7. The van der Waals surface area contributed by atoms with Gasteiger partial charge in [0.2, 0.25) is 0 Å². The highest BCUT2D eigenvalue weighted by molar-refractivity contribution is 6.10. The van der Waals surface area contributed by atoms with Gasteiger partial charge < -0.3 is 19.4 Å². The zero-order chi connectivity index (χ0) is 38.4. The van der Waals surface area contributed by atoms with Gasteiger partial charge in [-0.1, -0.05) is 121 Å². The molecule has 9 aromatic carbocycles. The van der Waals surface area contributed by atoms with E-state index in [1.54, 1.807) is 0 Å². The molecule has 274 valence electrons. The molecule has 0 radical (unpaired) electrons. The summed E-state index contributed by atoms with van der Waals surface area (Å²) in [5.41, 5.74) is 14.7. The molecule has 4 nitrogen and oxygen atoms in total. The summed E-state index contributed by atoms with van der Waals surface area (Å²) in [5.74, 6) is 0. The van der Waals surface area contributed by atoms with Crippen LogP contribution in [0.15, 0.2) is 224 Å². The Morgan fingerprint density at radius 3 is 1.12 bits per heavy atom. The molecule has 1 N–H and O–H groups in total. The minimum Gasteiger partial charge on any atom is -0.355 e. The van der Waals surface area contributed by atoms with E-state index in [-0.39, 0.29) is 0 Å². The van der Waals surface area contributed by atoms with Crippen LogP contribution in [0, 0.1) is 0 Å². The zero-order valence-corrected chi connectivity index (χ0v) is 31.7. The van der Waals surface area contributed by atoms with E-state index in [0.717, 1.165) is 39.8 Å². The summed E-state index contributed by atoms with van der Waals surface area (Å²) in [6.45, 7) is 0. The van der Waals surface area contributed by atoms with Gasteiger partial charge >= 0.3 is 0 Å². The molecule has 0 atom stereocenters. The predicted octanol–water partition coefficient (Wildman–Crippen LogP) is 14.8. The third kappa shape index (κ3) is 5.70. The molecule has 0 bridgehead atoms. The van der Waals surface area contributed by atoms with Gasteiger partial charge in [0.25, 0.3) is 0 Å². The Labute approximate surface area is 337 Å². The van der Waals surface area contributed by atoms with Crippen LogP contribution in [0.25, 0.3) is 66.1 Å². The van der Waals surface area contributed by atoms with E-state index in [0.29, 0.717) is 0 Å². The van der Waals surface area contributed by atoms with Crippen LogP contribution in [0.2, 0.25) is 0 Å². The number of para-hydroxylation sites is 5. The van der Waals surface area contributed by atoms with Gasteiger partial charge in [-0.3, -0.25) is 0 Å². The molecular weight excluding hydrogens is 705 g/mol. The number of fused-ring (bicyclic) bond motifs is 6. The Morgan fingerprint density at radius 2 is 0.672 bits per heavy atom. The molecule has 11 rings (SSSR count). The van der Waals surface area contributed by atoms with E-state index < -0.39 is 0 Å². The summed E-state index contributed by atoms with van der Waals surface area (Å²) >= 11 is 0. The molecule has 58 heavy (non-hydrogen) atoms. The monoisotopic (exact) mass is 742 g/mol. The van der Waals surface area contributed by atoms with Crippen molar-refractivity contribution >= 4 is 72.0 Å². The molecular formula is C54H38N4. The fourth-order valence-electron chi connectivity index (χ4n) is 8.66. The van der Waals surface area contributed by atoms with Gasteiger partial charge in [-0.15, -0.1) is 0 Å². The number of hydrogen-bond acceptors (Lipinski definition) is 2. The Hall–Kier alpha value is -7.82. The van der Waals surface area contributed by atoms with Crippen molar-refractivity contribution in [3.8, 4) is 22.5 Å². The highest BCUT2D eigenvalue weighted by Crippen LogP contribution is 2.39. The van der Waals surface area contributed by atoms with E-state index in [9.17, 15) is 0 Å². The van der Waals surface area contributed by atoms with E-state index >= 15 is 0 Å². The van der Waals surface area contributed by atoms with Gasteiger partial charge in [-0.05, 0) is 109 Å². The van der Waals surface area contributed by atoms with Crippen molar-refractivity contribution < 1.29 is 0 Å². The van der Waals surface area contributed by atoms with E-state index in [2.05, 4.69) is 244 Å². The van der Waals surface area contributed by atoms with Crippen LogP contribution in [-0.4, -0.2) is 9.13 Å². The lowest BCUT2D eigenvalue weighted by molar-refractivity contribution is 1.17. The predicted molar refractivity (Wildman–Crippen MR) is 245 cm³/mol. The highest BCUT2D eigenvalue weighted by atomic mass is 15.1. The molecule has 0 unspecified atom stereocenters. The topological polar surface area (TPSA) is 25.1 Å². The molecule has 11 aromatic rings. The molecule has 0 amide bonds. The lowest BCUT2D eigenvalue weighted by atomic mass is 10.0. The summed E-state index contributed by atoms with van der Waals surface area (Å²) in [6, 6.07) is 80.3. The van der Waals surface area contributed by atoms with Gasteiger partial charge in [0.15, 0.2) is 0 Å². The van der Waals surface area contributed by atoms with Gasteiger partial charge in [-0.25, -0.2) is 0 Å². The maximum atomic E-state index is 3.70. The number of nitrogens with zero attached hydrogens (tertiary/aromatic N) is 3. The van der Waals surface area contributed by atoms with Crippen LogP contribution in [0.1, 0.15) is 0 Å². The third-order valence-electron chi connectivity index (χ3n) is 11.3. The van der Waals surface area contributed by atoms with Crippen molar-refractivity contribution in [1.29, 1.82) is 0 Å². The van der Waals surface area contributed by atoms with Crippen molar-refractivity contribution in [1.82, 2.24) is 9.13 Å². The first kappa shape index (κ1) is 33.5. The van der Waals surface area contributed by atoms with Crippen molar-refractivity contribution in [2.45, 2.75) is 0 Å². The number of anilines is 5. The first-order valence-electron chi connectivity index (χ1n) is 19.8. The number of hydrogen-bond donors (Lipinski definition) is 1. The third-order valence-corrected chi connectivity index (χ3v) is 11.3. The Morgan fingerprint density at radius 1 is 0.310 bits per heavy atom. The number of nitrogens with one attached hydrogen (secondary N) is 1. The molecule has 4 heteroatoms. The minimum absolute atomic E-state index is 1.02. The molecule has 0 aliphatic rings. The molecule has 0 saturated heterocycles. The maximum Gasteiger partial charge on any atom is 0.0541 e. The molecule has 2 aromatic heterocycles. The first-order chi connectivity index (χ1) is 28.8. The Balaban J connectivity index is 0.995. The smallest absolute Gasteiger partial charge is 0.0541 e. The molecule has 0 fully saturated rings. The molecule has 0 spiro atoms. The van der Waals surface area contributed by atoms with Crippen molar-refractivity contribution in [2.75, 3.05) is 10.2 Å². The average molecular weight is 743 g/mol. The van der Waals surface area contributed by atoms with Crippen LogP contribution in [0.4, 0.5) is 28.4 Å². The fourth-order valence-corrected chi connectivity index (χ4v) is 8.66. The van der Waals surface area contributed by atoms with Gasteiger partial charge in [-0.2, -0.15) is 0 Å². The van der Waals surface area contributed by atoms with Crippen molar-refractivity contribution in [3.05, 3.63) is 224 Å². The lowest BCUT2D eigenvalue weighted by Crippen LogP contribution is -2.10. The molecule has 0 aliphatic heterocycles. The maximum absolute atomic E-state index is 3.70. The minimum atomic E-state index is 1.02. The van der Waals surface area contributed by atoms with Crippen LogP contribution in [0.3, 0.4) is 0 Å². The van der Waals surface area contributed by atoms with Crippen molar-refractivity contribution in [3.63, 3.8) is 0 Å². The summed E-state index contributed by atoms with van der Waals surface area (Å²) in [7, 11) is 0. The van der Waals surface area contributed by atoms with E-state index in [1.807, 2.05) is 0 Å². The fraction of sp³-hybridized carbons (Fsp3) is 0. The molecule has 0 saturated carbocycles. The number of aromatic nitrogens is 2. The first-order valence-corrected chi connectivity index (χ1v) is 19.8. The van der Waals surface area contributed by atoms with Gasteiger partial charge in [0, 0.05) is 66.9 Å². The van der Waals surface area contributed by atoms with E-state index in [1.165, 1.54) is 54.7 Å². The second-order valence-electron chi connectivity index (χ2n) is 14.7. The largest absolute Gasteiger partial charge is 0.355 e. The van der Waals surface area contributed by atoms with Gasteiger partial charge in [0.05, 0.1) is 22.1 Å². The number of benzene rings is 9. The van der Waals surface area contributed by atoms with Crippen LogP contribution in [0.5, 0.6) is 0 Å². The number of rotatable bonds is 8. The second kappa shape index (κ2) is 14.0. The lowest BCUT2D eigenvalue weighted by Gasteiger charge is -2.26. The molecule has 0 aliphatic carbocycles. The highest BCUT2D eigenvalue weighted by Gasteiger charge is 2.17. The molecule has 2 heterocycles. The van der Waals surface area contributed by atoms with Gasteiger partial charge in [0.1, 0.15) is 0 Å². The summed E-state index contributed by atoms with van der Waals surface area (Å²) < 4.78 is 4.74. The van der Waals surface area contributed by atoms with Crippen LogP contribution < -0.4 is 10.2 Å².